The van der Waals surface area contributed by atoms with Gasteiger partial charge in [0.1, 0.15) is 11.6 Å². The molecule has 2 aliphatic heterocycles. The van der Waals surface area contributed by atoms with E-state index in [1.54, 1.807) is 0 Å². The lowest BCUT2D eigenvalue weighted by molar-refractivity contribution is 0.435. The first-order chi connectivity index (χ1) is 17.5. The van der Waals surface area contributed by atoms with E-state index in [1.807, 2.05) is 6.07 Å². The summed E-state index contributed by atoms with van der Waals surface area (Å²) in [6.07, 6.45) is 12.2. The molecule has 1 saturated carbocycles. The lowest BCUT2D eigenvalue weighted by Gasteiger charge is -2.35. The molecule has 36 heavy (non-hydrogen) atoms. The second-order valence-corrected chi connectivity index (χ2v) is 11.6. The van der Waals surface area contributed by atoms with E-state index in [0.717, 1.165) is 55.7 Å². The van der Waals surface area contributed by atoms with Crippen molar-refractivity contribution in [2.45, 2.75) is 82.6 Å². The van der Waals surface area contributed by atoms with Gasteiger partial charge in [0.05, 0.1) is 0 Å². The molecule has 6 nitrogen and oxygen atoms in total. The van der Waals surface area contributed by atoms with Crippen molar-refractivity contribution < 1.29 is 0 Å². The largest absolute Gasteiger partial charge is 0.361 e. The summed E-state index contributed by atoms with van der Waals surface area (Å²) in [5, 5.41) is 8.22. The zero-order valence-electron chi connectivity index (χ0n) is 21.4. The minimum atomic E-state index is 0.0571. The Balaban J connectivity index is 1.33. The number of aromatic nitrogens is 2. The third-order valence-electron chi connectivity index (χ3n) is 8.29. The quantitative estimate of drug-likeness (QED) is 0.428. The summed E-state index contributed by atoms with van der Waals surface area (Å²) in [6, 6.07) is 11.0. The molecule has 1 aromatic heterocycles. The molecule has 1 aliphatic carbocycles. The van der Waals surface area contributed by atoms with E-state index >= 15 is 0 Å². The van der Waals surface area contributed by atoms with Gasteiger partial charge in [-0.15, -0.1) is 0 Å². The zero-order valence-corrected chi connectivity index (χ0v) is 23.0. The van der Waals surface area contributed by atoms with Crippen LogP contribution < -0.4 is 20.4 Å². The summed E-state index contributed by atoms with van der Waals surface area (Å²) in [7, 11) is 0. The average molecular weight is 527 g/mol. The molecule has 2 N–H and O–H groups in total. The Hall–Kier alpha value is -2.12. The van der Waals surface area contributed by atoms with Crippen molar-refractivity contribution in [1.82, 2.24) is 15.3 Å². The topological polar surface area (TPSA) is 56.3 Å². The summed E-state index contributed by atoms with van der Waals surface area (Å²) >= 11 is 12.1. The second kappa shape index (κ2) is 11.5. The van der Waals surface area contributed by atoms with Crippen molar-refractivity contribution in [3.63, 3.8) is 0 Å². The first-order valence-corrected chi connectivity index (χ1v) is 14.5. The van der Waals surface area contributed by atoms with Crippen LogP contribution >= 0.6 is 23.8 Å². The molecule has 0 spiro atoms. The SMILES string of the molecule is C[C@@H]1CCCCN1c1cc(N2CCCCC2)nc(NC(=S)NCC2(c3cccc(Cl)c3)CCCC2)n1. The van der Waals surface area contributed by atoms with Crippen molar-refractivity contribution in [1.29, 1.82) is 0 Å². The maximum atomic E-state index is 6.34. The highest BCUT2D eigenvalue weighted by molar-refractivity contribution is 7.80. The summed E-state index contributed by atoms with van der Waals surface area (Å²) < 4.78 is 0. The average Bonchev–Trinajstić information content (AvgIpc) is 3.38. The van der Waals surface area contributed by atoms with E-state index in [4.69, 9.17) is 33.8 Å². The summed E-state index contributed by atoms with van der Waals surface area (Å²) in [5.41, 5.74) is 1.36. The van der Waals surface area contributed by atoms with Gasteiger partial charge in [-0.2, -0.15) is 9.97 Å². The molecule has 0 bridgehead atoms. The first-order valence-electron chi connectivity index (χ1n) is 13.7. The molecular weight excluding hydrogens is 488 g/mol. The first kappa shape index (κ1) is 25.5. The van der Waals surface area contributed by atoms with Crippen LogP contribution in [0, 0.1) is 0 Å². The number of anilines is 3. The lowest BCUT2D eigenvalue weighted by Crippen LogP contribution is -2.41. The van der Waals surface area contributed by atoms with Crippen LogP contribution in [0.5, 0.6) is 0 Å². The third kappa shape index (κ3) is 5.88. The molecule has 2 aromatic rings. The van der Waals surface area contributed by atoms with Crippen LogP contribution in [0.25, 0.3) is 0 Å². The molecule has 1 aromatic carbocycles. The molecule has 0 unspecified atom stereocenters. The Labute approximate surface area is 226 Å². The summed E-state index contributed by atoms with van der Waals surface area (Å²) in [5.74, 6) is 2.61. The molecule has 1 atom stereocenters. The fourth-order valence-corrected chi connectivity index (χ4v) is 6.54. The normalized spacial score (nSPS) is 21.9. The van der Waals surface area contributed by atoms with Crippen LogP contribution in [0.1, 0.15) is 76.7 Å². The predicted molar refractivity (Wildman–Crippen MR) is 155 cm³/mol. The van der Waals surface area contributed by atoms with Gasteiger partial charge in [-0.05, 0) is 88.2 Å². The number of hydrogen-bond donors (Lipinski definition) is 2. The van der Waals surface area contributed by atoms with Gasteiger partial charge in [0, 0.05) is 48.7 Å². The molecule has 0 radical (unpaired) electrons. The molecule has 0 amide bonds. The number of rotatable bonds is 6. The Morgan fingerprint density at radius 1 is 1.00 bits per heavy atom. The Morgan fingerprint density at radius 2 is 1.75 bits per heavy atom. The van der Waals surface area contributed by atoms with Crippen LogP contribution in [0.2, 0.25) is 5.02 Å². The summed E-state index contributed by atoms with van der Waals surface area (Å²) in [4.78, 5) is 14.7. The number of piperidine rings is 2. The van der Waals surface area contributed by atoms with Crippen molar-refractivity contribution >= 4 is 46.5 Å². The molecule has 3 aliphatic rings. The molecule has 5 rings (SSSR count). The van der Waals surface area contributed by atoms with Gasteiger partial charge < -0.3 is 20.4 Å². The minimum Gasteiger partial charge on any atom is -0.361 e. The van der Waals surface area contributed by atoms with Crippen molar-refractivity contribution in [2.24, 2.45) is 0 Å². The molecular formula is C28H39ClN6S. The van der Waals surface area contributed by atoms with Gasteiger partial charge in [-0.1, -0.05) is 36.6 Å². The number of nitrogens with one attached hydrogen (secondary N) is 2. The van der Waals surface area contributed by atoms with E-state index in [1.165, 1.54) is 56.9 Å². The number of halogens is 1. The van der Waals surface area contributed by atoms with E-state index in [9.17, 15) is 0 Å². The van der Waals surface area contributed by atoms with Gasteiger partial charge in [0.15, 0.2) is 5.11 Å². The molecule has 3 heterocycles. The number of thiocarbonyl (C=S) groups is 1. The fourth-order valence-electron chi connectivity index (χ4n) is 6.18. The number of nitrogens with zero attached hydrogens (tertiary/aromatic N) is 4. The highest BCUT2D eigenvalue weighted by Gasteiger charge is 2.36. The van der Waals surface area contributed by atoms with E-state index in [0.29, 0.717) is 17.1 Å². The molecule has 2 saturated heterocycles. The van der Waals surface area contributed by atoms with Gasteiger partial charge >= 0.3 is 0 Å². The highest BCUT2D eigenvalue weighted by atomic mass is 35.5. The molecule has 8 heteroatoms. The van der Waals surface area contributed by atoms with Gasteiger partial charge in [-0.25, -0.2) is 0 Å². The van der Waals surface area contributed by atoms with Crippen LogP contribution in [0.4, 0.5) is 17.6 Å². The Morgan fingerprint density at radius 3 is 2.50 bits per heavy atom. The van der Waals surface area contributed by atoms with Crippen LogP contribution in [-0.2, 0) is 5.41 Å². The van der Waals surface area contributed by atoms with Crippen molar-refractivity contribution in [3.8, 4) is 0 Å². The van der Waals surface area contributed by atoms with Crippen LogP contribution in [0.15, 0.2) is 30.3 Å². The van der Waals surface area contributed by atoms with E-state index in [-0.39, 0.29) is 5.41 Å². The Kier molecular flexibility index (Phi) is 8.16. The Bertz CT molecular complexity index is 1050. The predicted octanol–water partition coefficient (Wildman–Crippen LogP) is 6.30. The van der Waals surface area contributed by atoms with E-state index in [2.05, 4.69) is 51.6 Å². The second-order valence-electron chi connectivity index (χ2n) is 10.8. The van der Waals surface area contributed by atoms with Gasteiger partial charge in [0.25, 0.3) is 0 Å². The third-order valence-corrected chi connectivity index (χ3v) is 8.77. The monoisotopic (exact) mass is 526 g/mol. The van der Waals surface area contributed by atoms with E-state index < -0.39 is 0 Å². The maximum Gasteiger partial charge on any atom is 0.232 e. The fraction of sp³-hybridized carbons (Fsp3) is 0.607. The van der Waals surface area contributed by atoms with Crippen LogP contribution in [-0.4, -0.2) is 47.3 Å². The smallest absolute Gasteiger partial charge is 0.232 e. The molecule has 194 valence electrons. The number of benzene rings is 1. The lowest BCUT2D eigenvalue weighted by atomic mass is 9.79. The maximum absolute atomic E-state index is 6.34. The number of hydrogen-bond acceptors (Lipinski definition) is 5. The summed E-state index contributed by atoms with van der Waals surface area (Å²) in [6.45, 7) is 6.23. The van der Waals surface area contributed by atoms with Crippen LogP contribution in [0.3, 0.4) is 0 Å². The van der Waals surface area contributed by atoms with Crippen molar-refractivity contribution in [2.75, 3.05) is 41.3 Å². The zero-order chi connectivity index (χ0) is 25.0. The van der Waals surface area contributed by atoms with Crippen molar-refractivity contribution in [3.05, 3.63) is 40.9 Å². The standard InChI is InChI=1S/C28H39ClN6S/c1-21-10-3-8-17-35(21)25-19-24(34-15-6-2-7-16-34)31-26(32-25)33-27(36)30-20-28(13-4-5-14-28)22-11-9-12-23(29)18-22/h9,11-12,18-19,21H,2-8,10,13-17,20H2,1H3,(H2,30,31,32,33,36)/t21-/m1/s1. The van der Waals surface area contributed by atoms with Gasteiger partial charge in [0.2, 0.25) is 5.95 Å². The molecule has 3 fully saturated rings. The minimum absolute atomic E-state index is 0.0571. The highest BCUT2D eigenvalue weighted by Crippen LogP contribution is 2.41. The van der Waals surface area contributed by atoms with Gasteiger partial charge in [-0.3, -0.25) is 0 Å².